The van der Waals surface area contributed by atoms with Gasteiger partial charge in [0.25, 0.3) is 6.47 Å². The molecule has 1 saturated heterocycles. The lowest BCUT2D eigenvalue weighted by atomic mass is 9.86. The summed E-state index contributed by atoms with van der Waals surface area (Å²) in [7, 11) is 0. The number of carbonyl (C=O) groups excluding carboxylic acids is 1. The van der Waals surface area contributed by atoms with Gasteiger partial charge in [-0.15, -0.1) is 0 Å². The van der Waals surface area contributed by atoms with Gasteiger partial charge in [0.2, 0.25) is 0 Å². The first-order valence-electron chi connectivity index (χ1n) is 9.86. The maximum absolute atomic E-state index is 12.4. The first-order chi connectivity index (χ1) is 12.7. The fourth-order valence-electron chi connectivity index (χ4n) is 4.31. The molecule has 5 heteroatoms. The van der Waals surface area contributed by atoms with Gasteiger partial charge in [0, 0.05) is 25.1 Å². The number of aliphatic hydroxyl groups excluding tert-OH is 1. The molecule has 1 aromatic rings. The summed E-state index contributed by atoms with van der Waals surface area (Å²) in [6.45, 7) is 9.54. The summed E-state index contributed by atoms with van der Waals surface area (Å²) in [4.78, 5) is 23.2. The number of rotatable bonds is 5. The Morgan fingerprint density at radius 2 is 1.67 bits per heavy atom. The van der Waals surface area contributed by atoms with Gasteiger partial charge in [0.1, 0.15) is 0 Å². The van der Waals surface area contributed by atoms with Crippen molar-refractivity contribution in [3.05, 3.63) is 35.4 Å². The predicted molar refractivity (Wildman–Crippen MR) is 106 cm³/mol. The molecule has 2 N–H and O–H groups in total. The van der Waals surface area contributed by atoms with Crippen molar-refractivity contribution < 1.29 is 19.8 Å². The van der Waals surface area contributed by atoms with E-state index in [0.29, 0.717) is 18.3 Å². The number of ketones is 1. The number of fused-ring (bicyclic) bond motifs is 1. The molecule has 0 aromatic heterocycles. The first kappa shape index (κ1) is 21.6. The van der Waals surface area contributed by atoms with Crippen LogP contribution in [0, 0.1) is 11.8 Å². The highest BCUT2D eigenvalue weighted by Crippen LogP contribution is 2.38. The minimum atomic E-state index is -0.250. The van der Waals surface area contributed by atoms with Gasteiger partial charge in [-0.2, -0.15) is 0 Å². The monoisotopic (exact) mass is 375 g/mol. The third-order valence-corrected chi connectivity index (χ3v) is 5.75. The minimum Gasteiger partial charge on any atom is -0.483 e. The average molecular weight is 376 g/mol. The summed E-state index contributed by atoms with van der Waals surface area (Å²) in [6, 6.07) is 8.12. The highest BCUT2D eigenvalue weighted by atomic mass is 16.3. The Balaban J connectivity index is 0.000000817. The van der Waals surface area contributed by atoms with Crippen LogP contribution in [0.15, 0.2) is 24.3 Å². The largest absolute Gasteiger partial charge is 0.483 e. The molecule has 150 valence electrons. The summed E-state index contributed by atoms with van der Waals surface area (Å²) in [5, 5.41) is 16.6. The van der Waals surface area contributed by atoms with Crippen molar-refractivity contribution in [3.8, 4) is 0 Å². The Morgan fingerprint density at radius 3 is 2.15 bits per heavy atom. The molecule has 1 aliphatic carbocycles. The van der Waals surface area contributed by atoms with Crippen LogP contribution in [0.5, 0.6) is 0 Å². The summed E-state index contributed by atoms with van der Waals surface area (Å²) in [5.74, 6) is 1.62. The van der Waals surface area contributed by atoms with Gasteiger partial charge in [0.15, 0.2) is 5.78 Å². The van der Waals surface area contributed by atoms with Crippen LogP contribution in [-0.4, -0.2) is 53.1 Å². The zero-order valence-corrected chi connectivity index (χ0v) is 16.7. The first-order valence-corrected chi connectivity index (χ1v) is 9.86. The standard InChI is InChI=1S/C21H31NO2.CH2O2/c1-21(2,3)18-8-6-15(7-9-18)20(24)5-4-10-22-13-16-11-19(23)12-17(16)14-22;2-1-3/h6-9,16-17,19,23H,4-5,10-14H2,1-3H3;1H,(H,2,3)/t16-,17+,19?;. The summed E-state index contributed by atoms with van der Waals surface area (Å²) >= 11 is 0. The van der Waals surface area contributed by atoms with Crippen LogP contribution in [0.4, 0.5) is 0 Å². The third kappa shape index (κ3) is 6.15. The number of hydrogen-bond donors (Lipinski definition) is 2. The SMILES string of the molecule is CC(C)(C)c1ccc(C(=O)CCCN2C[C@H]3CC(O)C[C@H]3C2)cc1.O=CO. The van der Waals surface area contributed by atoms with Crippen molar-refractivity contribution in [2.75, 3.05) is 19.6 Å². The highest BCUT2D eigenvalue weighted by molar-refractivity contribution is 5.96. The normalized spacial score (nSPS) is 24.8. The average Bonchev–Trinajstić information content (AvgIpc) is 3.11. The number of aliphatic hydroxyl groups is 1. The second-order valence-corrected chi connectivity index (χ2v) is 8.86. The van der Waals surface area contributed by atoms with E-state index in [2.05, 4.69) is 37.8 Å². The molecule has 2 aliphatic rings. The Hall–Kier alpha value is -1.72. The molecular weight excluding hydrogens is 342 g/mol. The quantitative estimate of drug-likeness (QED) is 0.610. The molecule has 3 rings (SSSR count). The van der Waals surface area contributed by atoms with Crippen LogP contribution in [0.3, 0.4) is 0 Å². The molecule has 1 aromatic carbocycles. The van der Waals surface area contributed by atoms with Gasteiger partial charge >= 0.3 is 0 Å². The maximum atomic E-state index is 12.4. The van der Waals surface area contributed by atoms with Crippen molar-refractivity contribution in [3.63, 3.8) is 0 Å². The molecule has 2 fully saturated rings. The molecule has 0 bridgehead atoms. The molecule has 1 unspecified atom stereocenters. The summed E-state index contributed by atoms with van der Waals surface area (Å²) < 4.78 is 0. The molecule has 0 amide bonds. The van der Waals surface area contributed by atoms with E-state index < -0.39 is 0 Å². The molecule has 5 nitrogen and oxygen atoms in total. The third-order valence-electron chi connectivity index (χ3n) is 5.75. The Kier molecular flexibility index (Phi) is 7.57. The smallest absolute Gasteiger partial charge is 0.290 e. The van der Waals surface area contributed by atoms with Gasteiger partial charge in [-0.25, -0.2) is 0 Å². The lowest BCUT2D eigenvalue weighted by molar-refractivity contribution is -0.122. The second-order valence-electron chi connectivity index (χ2n) is 8.86. The lowest BCUT2D eigenvalue weighted by Gasteiger charge is -2.19. The second kappa shape index (κ2) is 9.47. The van der Waals surface area contributed by atoms with E-state index in [-0.39, 0.29) is 23.8 Å². The van der Waals surface area contributed by atoms with Crippen LogP contribution < -0.4 is 0 Å². The van der Waals surface area contributed by atoms with Crippen LogP contribution in [-0.2, 0) is 10.2 Å². The van der Waals surface area contributed by atoms with E-state index in [1.165, 1.54) is 5.56 Å². The van der Waals surface area contributed by atoms with Crippen LogP contribution in [0.2, 0.25) is 0 Å². The predicted octanol–water partition coefficient (Wildman–Crippen LogP) is 3.35. The number of nitrogens with zero attached hydrogens (tertiary/aromatic N) is 1. The fourth-order valence-corrected chi connectivity index (χ4v) is 4.31. The molecular formula is C22H33NO4. The van der Waals surface area contributed by atoms with Gasteiger partial charge in [-0.05, 0) is 48.6 Å². The van der Waals surface area contributed by atoms with Gasteiger partial charge in [-0.1, -0.05) is 45.0 Å². The van der Waals surface area contributed by atoms with Crippen molar-refractivity contribution in [2.45, 2.75) is 58.0 Å². The summed E-state index contributed by atoms with van der Waals surface area (Å²) in [5.41, 5.74) is 2.23. The van der Waals surface area contributed by atoms with Gasteiger partial charge < -0.3 is 15.1 Å². The molecule has 3 atom stereocenters. The van der Waals surface area contributed by atoms with E-state index >= 15 is 0 Å². The number of hydrogen-bond acceptors (Lipinski definition) is 4. The van der Waals surface area contributed by atoms with Crippen LogP contribution >= 0.6 is 0 Å². The van der Waals surface area contributed by atoms with Gasteiger partial charge in [-0.3, -0.25) is 9.59 Å². The maximum Gasteiger partial charge on any atom is 0.290 e. The molecule has 27 heavy (non-hydrogen) atoms. The Bertz CT molecular complexity index is 606. The van der Waals surface area contributed by atoms with Crippen LogP contribution in [0.25, 0.3) is 0 Å². The van der Waals surface area contributed by atoms with E-state index in [4.69, 9.17) is 9.90 Å². The number of benzene rings is 1. The number of likely N-dealkylation sites (tertiary alicyclic amines) is 1. The highest BCUT2D eigenvalue weighted by Gasteiger charge is 2.39. The minimum absolute atomic E-state index is 0.0696. The van der Waals surface area contributed by atoms with Crippen molar-refractivity contribution in [2.24, 2.45) is 11.8 Å². The van der Waals surface area contributed by atoms with E-state index in [1.807, 2.05) is 12.1 Å². The molecule has 0 radical (unpaired) electrons. The van der Waals surface area contributed by atoms with E-state index in [0.717, 1.165) is 44.5 Å². The Morgan fingerprint density at radius 1 is 1.15 bits per heavy atom. The summed E-state index contributed by atoms with van der Waals surface area (Å²) in [6.07, 6.45) is 3.44. The zero-order valence-electron chi connectivity index (χ0n) is 16.7. The van der Waals surface area contributed by atoms with Crippen molar-refractivity contribution >= 4 is 12.3 Å². The topological polar surface area (TPSA) is 77.8 Å². The molecule has 1 heterocycles. The number of Topliss-reactive ketones (excluding diaryl/α,β-unsaturated/α-hetero) is 1. The molecule has 0 spiro atoms. The van der Waals surface area contributed by atoms with Gasteiger partial charge in [0.05, 0.1) is 6.10 Å². The van der Waals surface area contributed by atoms with E-state index in [1.54, 1.807) is 0 Å². The molecule has 1 aliphatic heterocycles. The van der Waals surface area contributed by atoms with E-state index in [9.17, 15) is 9.90 Å². The zero-order chi connectivity index (χ0) is 20.0. The van der Waals surface area contributed by atoms with Crippen molar-refractivity contribution in [1.29, 1.82) is 0 Å². The number of carbonyl (C=O) groups is 2. The Labute approximate surface area is 162 Å². The van der Waals surface area contributed by atoms with Crippen molar-refractivity contribution in [1.82, 2.24) is 4.90 Å². The van der Waals surface area contributed by atoms with Crippen LogP contribution in [0.1, 0.15) is 62.4 Å². The number of carboxylic acid groups (broad SMARTS) is 1. The fraction of sp³-hybridized carbons (Fsp3) is 0.636. The lowest BCUT2D eigenvalue weighted by Crippen LogP contribution is -2.24. The molecule has 1 saturated carbocycles.